The Kier molecular flexibility index (Phi) is 6.73. The van der Waals surface area contributed by atoms with E-state index in [1.807, 2.05) is 35.2 Å². The molecule has 1 unspecified atom stereocenters. The van der Waals surface area contributed by atoms with Gasteiger partial charge in [0.05, 0.1) is 5.69 Å². The van der Waals surface area contributed by atoms with Crippen molar-refractivity contribution in [3.63, 3.8) is 0 Å². The molecule has 0 radical (unpaired) electrons. The summed E-state index contributed by atoms with van der Waals surface area (Å²) in [5.41, 5.74) is 2.19. The maximum absolute atomic E-state index is 12.8. The molecule has 0 aromatic heterocycles. The zero-order valence-corrected chi connectivity index (χ0v) is 18.4. The molecule has 1 fully saturated rings. The van der Waals surface area contributed by atoms with E-state index in [-0.39, 0.29) is 24.3 Å². The lowest BCUT2D eigenvalue weighted by molar-refractivity contribution is -0.133. The highest BCUT2D eigenvalue weighted by Crippen LogP contribution is 2.36. The molecular formula is C25H29N3O4. The fourth-order valence-electron chi connectivity index (χ4n) is 4.15. The minimum atomic E-state index is -0.664. The lowest BCUT2D eigenvalue weighted by Gasteiger charge is -2.35. The minimum Gasteiger partial charge on any atom is -0.479 e. The van der Waals surface area contributed by atoms with E-state index in [2.05, 4.69) is 5.32 Å². The largest absolute Gasteiger partial charge is 0.479 e. The van der Waals surface area contributed by atoms with E-state index in [0.717, 1.165) is 37.9 Å². The Bertz CT molecular complexity index is 986. The maximum Gasteiger partial charge on any atom is 0.268 e. The summed E-state index contributed by atoms with van der Waals surface area (Å²) in [5, 5.41) is 2.90. The normalized spacial score (nSPS) is 18.0. The van der Waals surface area contributed by atoms with Crippen molar-refractivity contribution in [1.82, 2.24) is 4.90 Å². The van der Waals surface area contributed by atoms with Crippen LogP contribution >= 0.6 is 0 Å². The van der Waals surface area contributed by atoms with Crippen molar-refractivity contribution >= 4 is 29.1 Å². The van der Waals surface area contributed by atoms with Gasteiger partial charge in [-0.2, -0.15) is 0 Å². The Morgan fingerprint density at radius 2 is 1.81 bits per heavy atom. The van der Waals surface area contributed by atoms with Gasteiger partial charge in [-0.3, -0.25) is 19.3 Å². The van der Waals surface area contributed by atoms with E-state index in [0.29, 0.717) is 30.0 Å². The first-order valence-corrected chi connectivity index (χ1v) is 11.2. The second-order valence-corrected chi connectivity index (χ2v) is 8.34. The van der Waals surface area contributed by atoms with Crippen LogP contribution in [0, 0.1) is 0 Å². The molecule has 1 atom stereocenters. The van der Waals surface area contributed by atoms with Crippen LogP contribution in [0.15, 0.2) is 48.5 Å². The summed E-state index contributed by atoms with van der Waals surface area (Å²) in [6.45, 7) is 3.13. The van der Waals surface area contributed by atoms with Gasteiger partial charge < -0.3 is 15.0 Å². The number of hydrogen-bond acceptors (Lipinski definition) is 4. The van der Waals surface area contributed by atoms with E-state index in [1.165, 1.54) is 4.90 Å². The molecule has 2 aromatic rings. The topological polar surface area (TPSA) is 79.0 Å². The van der Waals surface area contributed by atoms with Crippen molar-refractivity contribution in [2.75, 3.05) is 29.9 Å². The summed E-state index contributed by atoms with van der Waals surface area (Å²) in [4.78, 5) is 41.4. The Labute approximate surface area is 188 Å². The molecule has 1 saturated heterocycles. The number of carbonyl (C=O) groups is 3. The van der Waals surface area contributed by atoms with Gasteiger partial charge in [0.15, 0.2) is 6.10 Å². The van der Waals surface area contributed by atoms with Crippen molar-refractivity contribution in [3.05, 3.63) is 54.1 Å². The predicted molar refractivity (Wildman–Crippen MR) is 123 cm³/mol. The molecule has 2 aromatic carbocycles. The third kappa shape index (κ3) is 5.10. The highest BCUT2D eigenvalue weighted by atomic mass is 16.5. The summed E-state index contributed by atoms with van der Waals surface area (Å²) >= 11 is 0. The highest BCUT2D eigenvalue weighted by Gasteiger charge is 2.34. The third-order valence-corrected chi connectivity index (χ3v) is 5.94. The number of ether oxygens (including phenoxy) is 1. The molecule has 2 aliphatic rings. The molecule has 0 spiro atoms. The molecule has 7 heteroatoms. The average Bonchev–Trinajstić information content (AvgIpc) is 2.82. The maximum atomic E-state index is 12.8. The number of piperidine rings is 1. The van der Waals surface area contributed by atoms with Gasteiger partial charge in [0.1, 0.15) is 12.3 Å². The number of amides is 3. The number of nitrogens with one attached hydrogen (secondary N) is 1. The molecule has 32 heavy (non-hydrogen) atoms. The van der Waals surface area contributed by atoms with E-state index >= 15 is 0 Å². The highest BCUT2D eigenvalue weighted by molar-refractivity contribution is 6.04. The predicted octanol–water partition coefficient (Wildman–Crippen LogP) is 3.38. The summed E-state index contributed by atoms with van der Waals surface area (Å²) in [6.07, 6.45) is 3.46. The molecule has 2 aliphatic heterocycles. The van der Waals surface area contributed by atoms with E-state index in [1.54, 1.807) is 25.1 Å². The number of nitrogens with zero attached hydrogens (tertiary/aromatic N) is 2. The van der Waals surface area contributed by atoms with E-state index < -0.39 is 6.10 Å². The number of aryl methyl sites for hydroxylation is 1. The van der Waals surface area contributed by atoms with E-state index in [9.17, 15) is 14.4 Å². The number of fused-ring (bicyclic) bond motifs is 1. The molecule has 1 N–H and O–H groups in total. The van der Waals surface area contributed by atoms with Crippen LogP contribution in [0.2, 0.25) is 0 Å². The number of likely N-dealkylation sites (tertiary alicyclic amines) is 1. The Morgan fingerprint density at radius 1 is 1.06 bits per heavy atom. The van der Waals surface area contributed by atoms with Crippen molar-refractivity contribution in [2.45, 2.75) is 45.1 Å². The lowest BCUT2D eigenvalue weighted by Crippen LogP contribution is -2.50. The Morgan fingerprint density at radius 3 is 2.56 bits per heavy atom. The molecule has 3 amide bonds. The summed E-state index contributed by atoms with van der Waals surface area (Å²) in [6, 6.07) is 15.0. The molecule has 168 valence electrons. The number of hydrogen-bond donors (Lipinski definition) is 1. The monoisotopic (exact) mass is 435 g/mol. The van der Waals surface area contributed by atoms with Gasteiger partial charge in [0.2, 0.25) is 11.8 Å². The number of anilines is 2. The van der Waals surface area contributed by atoms with Crippen LogP contribution in [-0.2, 0) is 20.8 Å². The number of benzene rings is 2. The number of carbonyl (C=O) groups excluding carboxylic acids is 3. The second kappa shape index (κ2) is 9.85. The zero-order valence-electron chi connectivity index (χ0n) is 18.4. The quantitative estimate of drug-likeness (QED) is 0.755. The van der Waals surface area contributed by atoms with Crippen LogP contribution in [0.3, 0.4) is 0 Å². The summed E-state index contributed by atoms with van der Waals surface area (Å²) in [7, 11) is 0. The SMILES string of the molecule is CC1Oc2ccc(NC(=O)CCc3ccccc3)cc2N(CC(=O)N2CCCCC2)C1=O. The zero-order chi connectivity index (χ0) is 22.5. The van der Waals surface area contributed by atoms with Gasteiger partial charge in [-0.25, -0.2) is 0 Å². The van der Waals surface area contributed by atoms with Gasteiger partial charge in [0, 0.05) is 25.2 Å². The van der Waals surface area contributed by atoms with Crippen molar-refractivity contribution in [1.29, 1.82) is 0 Å². The average molecular weight is 436 g/mol. The fraction of sp³-hybridized carbons (Fsp3) is 0.400. The molecule has 4 rings (SSSR count). The minimum absolute atomic E-state index is 0.0229. The molecule has 7 nitrogen and oxygen atoms in total. The van der Waals surface area contributed by atoms with Crippen LogP contribution in [0.1, 0.15) is 38.2 Å². The Balaban J connectivity index is 1.46. The lowest BCUT2D eigenvalue weighted by atomic mass is 10.1. The van der Waals surface area contributed by atoms with Gasteiger partial charge in [-0.15, -0.1) is 0 Å². The van der Waals surface area contributed by atoms with Crippen molar-refractivity contribution in [3.8, 4) is 5.75 Å². The molecular weight excluding hydrogens is 406 g/mol. The van der Waals surface area contributed by atoms with Crippen LogP contribution < -0.4 is 15.0 Å². The molecule has 0 aliphatic carbocycles. The first-order chi connectivity index (χ1) is 15.5. The first-order valence-electron chi connectivity index (χ1n) is 11.2. The Hall–Kier alpha value is -3.35. The van der Waals surface area contributed by atoms with Crippen LogP contribution in [0.4, 0.5) is 11.4 Å². The summed E-state index contributed by atoms with van der Waals surface area (Å²) in [5.74, 6) is 0.109. The van der Waals surface area contributed by atoms with Crippen LogP contribution in [0.25, 0.3) is 0 Å². The van der Waals surface area contributed by atoms with Gasteiger partial charge >= 0.3 is 0 Å². The second-order valence-electron chi connectivity index (χ2n) is 8.34. The molecule has 2 heterocycles. The van der Waals surface area contributed by atoms with Crippen molar-refractivity contribution in [2.24, 2.45) is 0 Å². The smallest absolute Gasteiger partial charge is 0.268 e. The van der Waals surface area contributed by atoms with Crippen molar-refractivity contribution < 1.29 is 19.1 Å². The van der Waals surface area contributed by atoms with Crippen LogP contribution in [-0.4, -0.2) is 48.4 Å². The van der Waals surface area contributed by atoms with E-state index in [4.69, 9.17) is 4.74 Å². The number of rotatable bonds is 6. The van der Waals surface area contributed by atoms with Crippen LogP contribution in [0.5, 0.6) is 5.75 Å². The van der Waals surface area contributed by atoms with Gasteiger partial charge in [-0.1, -0.05) is 30.3 Å². The molecule has 0 saturated carbocycles. The third-order valence-electron chi connectivity index (χ3n) is 5.94. The van der Waals surface area contributed by atoms with Gasteiger partial charge in [-0.05, 0) is 56.4 Å². The molecule has 0 bridgehead atoms. The van der Waals surface area contributed by atoms with Gasteiger partial charge in [0.25, 0.3) is 5.91 Å². The summed E-state index contributed by atoms with van der Waals surface area (Å²) < 4.78 is 5.74. The standard InChI is InChI=1S/C25H29N3O4/c1-18-25(31)28(17-24(30)27-14-6-3-7-15-27)21-16-20(11-12-22(21)32-18)26-23(29)13-10-19-8-4-2-5-9-19/h2,4-5,8-9,11-12,16,18H,3,6-7,10,13-15,17H2,1H3,(H,26,29). The first kappa shape index (κ1) is 21.9. The fourth-order valence-corrected chi connectivity index (χ4v) is 4.15.